The van der Waals surface area contributed by atoms with E-state index >= 15 is 0 Å². The fourth-order valence-electron chi connectivity index (χ4n) is 2.91. The number of nitrogens with zero attached hydrogens (tertiary/aromatic N) is 3. The van der Waals surface area contributed by atoms with E-state index in [1.54, 1.807) is 22.7 Å². The molecule has 0 aliphatic rings. The van der Waals surface area contributed by atoms with E-state index in [0.29, 0.717) is 13.0 Å². The molecule has 0 unspecified atom stereocenters. The monoisotopic (exact) mass is 365 g/mol. The van der Waals surface area contributed by atoms with Crippen molar-refractivity contribution in [1.82, 2.24) is 9.38 Å². The topological polar surface area (TPSA) is 50.3 Å². The first-order chi connectivity index (χ1) is 12.3. The zero-order valence-corrected chi connectivity index (χ0v) is 15.2. The number of thiazole rings is 1. The molecule has 3 heterocycles. The summed E-state index contributed by atoms with van der Waals surface area (Å²) in [6.07, 6.45) is 0.314. The number of para-hydroxylation sites is 1. The maximum Gasteiger partial charge on any atom is 0.195 e. The zero-order valence-electron chi connectivity index (χ0n) is 13.6. The summed E-state index contributed by atoms with van der Waals surface area (Å²) in [6, 6.07) is 14.3. The summed E-state index contributed by atoms with van der Waals surface area (Å²) >= 11 is 3.23. The van der Waals surface area contributed by atoms with E-state index in [4.69, 9.17) is 9.72 Å². The van der Waals surface area contributed by atoms with Crippen molar-refractivity contribution in [3.8, 4) is 33.6 Å². The molecule has 0 saturated carbocycles. The molecule has 0 amide bonds. The third kappa shape index (κ3) is 2.72. The molecule has 4 nitrogen and oxygen atoms in total. The highest BCUT2D eigenvalue weighted by atomic mass is 32.1. The van der Waals surface area contributed by atoms with Gasteiger partial charge in [0.15, 0.2) is 4.96 Å². The van der Waals surface area contributed by atoms with Crippen LogP contribution in [0.4, 0.5) is 0 Å². The van der Waals surface area contributed by atoms with E-state index in [1.165, 1.54) is 0 Å². The van der Waals surface area contributed by atoms with Crippen LogP contribution in [0.5, 0.6) is 5.75 Å². The number of rotatable bonds is 5. The van der Waals surface area contributed by atoms with Crippen molar-refractivity contribution in [1.29, 1.82) is 5.26 Å². The van der Waals surface area contributed by atoms with Gasteiger partial charge in [0.05, 0.1) is 35.4 Å². The highest BCUT2D eigenvalue weighted by molar-refractivity contribution is 7.15. The molecule has 0 saturated heterocycles. The molecule has 0 N–H and O–H groups in total. The molecule has 0 radical (unpaired) electrons. The third-order valence-corrected chi connectivity index (χ3v) is 5.63. The van der Waals surface area contributed by atoms with Gasteiger partial charge in [-0.2, -0.15) is 5.26 Å². The van der Waals surface area contributed by atoms with Crippen molar-refractivity contribution >= 4 is 27.6 Å². The second-order valence-corrected chi connectivity index (χ2v) is 7.17. The summed E-state index contributed by atoms with van der Waals surface area (Å²) in [4.78, 5) is 6.78. The van der Waals surface area contributed by atoms with Crippen LogP contribution in [0, 0.1) is 11.3 Å². The van der Waals surface area contributed by atoms with Gasteiger partial charge in [0, 0.05) is 10.9 Å². The Kier molecular flexibility index (Phi) is 4.26. The van der Waals surface area contributed by atoms with Crippen LogP contribution in [0.3, 0.4) is 0 Å². The van der Waals surface area contributed by atoms with Gasteiger partial charge in [-0.15, -0.1) is 22.7 Å². The third-order valence-electron chi connectivity index (χ3n) is 3.92. The second-order valence-electron chi connectivity index (χ2n) is 5.39. The Bertz CT molecular complexity index is 1050. The van der Waals surface area contributed by atoms with Crippen LogP contribution in [0.2, 0.25) is 0 Å². The lowest BCUT2D eigenvalue weighted by atomic mass is 10.1. The van der Waals surface area contributed by atoms with E-state index in [9.17, 15) is 5.26 Å². The summed E-state index contributed by atoms with van der Waals surface area (Å²) in [5.41, 5.74) is 3.87. The Morgan fingerprint density at radius 1 is 1.20 bits per heavy atom. The van der Waals surface area contributed by atoms with Gasteiger partial charge in [0.2, 0.25) is 0 Å². The zero-order chi connectivity index (χ0) is 17.2. The van der Waals surface area contributed by atoms with E-state index in [-0.39, 0.29) is 0 Å². The highest BCUT2D eigenvalue weighted by Crippen LogP contribution is 2.37. The smallest absolute Gasteiger partial charge is 0.195 e. The normalized spacial score (nSPS) is 10.9. The molecule has 0 aliphatic heterocycles. The first kappa shape index (κ1) is 15.9. The first-order valence-electron chi connectivity index (χ1n) is 7.95. The van der Waals surface area contributed by atoms with Crippen molar-refractivity contribution < 1.29 is 4.74 Å². The summed E-state index contributed by atoms with van der Waals surface area (Å²) in [5, 5.41) is 13.5. The van der Waals surface area contributed by atoms with Crippen LogP contribution >= 0.6 is 22.7 Å². The van der Waals surface area contributed by atoms with Crippen molar-refractivity contribution in [2.75, 3.05) is 6.61 Å². The van der Waals surface area contributed by atoms with Crippen LogP contribution < -0.4 is 4.74 Å². The number of nitriles is 1. The van der Waals surface area contributed by atoms with Gasteiger partial charge in [0.1, 0.15) is 11.4 Å². The minimum absolute atomic E-state index is 0.314. The molecular weight excluding hydrogens is 350 g/mol. The van der Waals surface area contributed by atoms with Gasteiger partial charge < -0.3 is 4.74 Å². The molecule has 3 aromatic heterocycles. The molecule has 4 aromatic rings. The fraction of sp³-hybridized carbons (Fsp3) is 0.158. The molecule has 4 rings (SSSR count). The molecule has 0 fully saturated rings. The maximum atomic E-state index is 9.35. The van der Waals surface area contributed by atoms with Gasteiger partial charge in [-0.05, 0) is 30.5 Å². The van der Waals surface area contributed by atoms with Gasteiger partial charge in [0.25, 0.3) is 0 Å². The number of ether oxygens (including phenoxy) is 1. The van der Waals surface area contributed by atoms with E-state index in [1.807, 2.05) is 48.7 Å². The number of imidazole rings is 1. The molecule has 1 aromatic carbocycles. The van der Waals surface area contributed by atoms with Gasteiger partial charge >= 0.3 is 0 Å². The lowest BCUT2D eigenvalue weighted by Crippen LogP contribution is -1.98. The Morgan fingerprint density at radius 3 is 2.84 bits per heavy atom. The van der Waals surface area contributed by atoms with Crippen molar-refractivity contribution in [3.05, 3.63) is 52.9 Å². The Morgan fingerprint density at radius 2 is 2.08 bits per heavy atom. The number of aromatic nitrogens is 2. The van der Waals surface area contributed by atoms with Crippen molar-refractivity contribution in [2.45, 2.75) is 13.3 Å². The molecular formula is C19H15N3OS2. The molecule has 124 valence electrons. The van der Waals surface area contributed by atoms with Crippen molar-refractivity contribution in [2.24, 2.45) is 0 Å². The van der Waals surface area contributed by atoms with Crippen LogP contribution in [0.25, 0.3) is 26.8 Å². The minimum Gasteiger partial charge on any atom is -0.493 e. The number of hydrogen-bond donors (Lipinski definition) is 0. The number of benzene rings is 1. The largest absolute Gasteiger partial charge is 0.493 e. The minimum atomic E-state index is 0.314. The molecule has 25 heavy (non-hydrogen) atoms. The molecule has 0 spiro atoms. The van der Waals surface area contributed by atoms with E-state index in [2.05, 4.69) is 15.8 Å². The Labute approximate surface area is 153 Å². The summed E-state index contributed by atoms with van der Waals surface area (Å²) in [5.74, 6) is 0.846. The second kappa shape index (κ2) is 6.71. The van der Waals surface area contributed by atoms with Crippen LogP contribution in [0.15, 0.2) is 47.2 Å². The number of hydrogen-bond acceptors (Lipinski definition) is 5. The summed E-state index contributed by atoms with van der Waals surface area (Å²) in [7, 11) is 0. The molecule has 0 aliphatic carbocycles. The first-order valence-corrected chi connectivity index (χ1v) is 9.71. The van der Waals surface area contributed by atoms with Gasteiger partial charge in [-0.3, -0.25) is 4.40 Å². The van der Waals surface area contributed by atoms with Crippen LogP contribution in [-0.2, 0) is 6.42 Å². The molecule has 0 atom stereocenters. The maximum absolute atomic E-state index is 9.35. The quantitative estimate of drug-likeness (QED) is 0.485. The highest BCUT2D eigenvalue weighted by Gasteiger charge is 2.20. The lowest BCUT2D eigenvalue weighted by Gasteiger charge is -2.10. The fourth-order valence-corrected chi connectivity index (χ4v) is 4.56. The lowest BCUT2D eigenvalue weighted by molar-refractivity contribution is 0.341. The SMILES string of the molecule is CCOc1ccccc1-c1csc2nc(-c3cccs3)c(CC#N)n12. The van der Waals surface area contributed by atoms with E-state index < -0.39 is 0 Å². The van der Waals surface area contributed by atoms with Crippen molar-refractivity contribution in [3.63, 3.8) is 0 Å². The average molecular weight is 365 g/mol. The Hall–Kier alpha value is -2.62. The number of thiophene rings is 1. The molecule has 6 heteroatoms. The van der Waals surface area contributed by atoms with E-state index in [0.717, 1.165) is 38.2 Å². The van der Waals surface area contributed by atoms with Gasteiger partial charge in [-0.25, -0.2) is 4.98 Å². The Balaban J connectivity index is 1.97. The standard InChI is InChI=1S/C19H15N3OS2/c1-2-23-16-7-4-3-6-13(16)15-12-25-19-21-18(17-8-5-11-24-17)14(9-10-20)22(15)19/h3-8,11-12H,2,9H2,1H3. The summed E-state index contributed by atoms with van der Waals surface area (Å²) < 4.78 is 7.89. The predicted molar refractivity (Wildman–Crippen MR) is 102 cm³/mol. The predicted octanol–water partition coefficient (Wildman–Crippen LogP) is 5.26. The molecule has 0 bridgehead atoms. The van der Waals surface area contributed by atoms with Gasteiger partial charge in [-0.1, -0.05) is 18.2 Å². The average Bonchev–Trinajstić information content (AvgIpc) is 3.33. The number of fused-ring (bicyclic) bond motifs is 1. The van der Waals surface area contributed by atoms with Crippen LogP contribution in [0.1, 0.15) is 12.6 Å². The van der Waals surface area contributed by atoms with Crippen LogP contribution in [-0.4, -0.2) is 16.0 Å². The summed E-state index contributed by atoms with van der Waals surface area (Å²) in [6.45, 7) is 2.59.